The summed E-state index contributed by atoms with van der Waals surface area (Å²) in [6.07, 6.45) is 6.22. The lowest BCUT2D eigenvalue weighted by atomic mass is 10.1. The van der Waals surface area contributed by atoms with Gasteiger partial charge in [-0.25, -0.2) is 0 Å². The van der Waals surface area contributed by atoms with Gasteiger partial charge < -0.3 is 14.0 Å². The summed E-state index contributed by atoms with van der Waals surface area (Å²) >= 11 is 0. The van der Waals surface area contributed by atoms with E-state index in [1.807, 2.05) is 18.3 Å². The van der Waals surface area contributed by atoms with Gasteiger partial charge in [-0.3, -0.25) is 4.98 Å². The highest BCUT2D eigenvalue weighted by Crippen LogP contribution is 2.30. The fraction of sp³-hybridized carbons (Fsp3) is 0.179. The van der Waals surface area contributed by atoms with Crippen LogP contribution in [-0.2, 0) is 16.0 Å². The molecule has 0 spiro atoms. The van der Waals surface area contributed by atoms with Crippen LogP contribution in [0.15, 0.2) is 79.0 Å². The van der Waals surface area contributed by atoms with E-state index in [1.165, 1.54) is 32.9 Å². The van der Waals surface area contributed by atoms with Crippen LogP contribution in [0.5, 0.6) is 0 Å². The molecule has 3 aromatic carbocycles. The summed E-state index contributed by atoms with van der Waals surface area (Å²) in [6.45, 7) is 2.71. The molecule has 0 unspecified atom stereocenters. The lowest BCUT2D eigenvalue weighted by Crippen LogP contribution is -2.09. The molecule has 2 heterocycles. The van der Waals surface area contributed by atoms with Gasteiger partial charge in [-0.2, -0.15) is 0 Å². The van der Waals surface area contributed by atoms with E-state index < -0.39 is 0 Å². The molecule has 160 valence electrons. The van der Waals surface area contributed by atoms with Crippen LogP contribution in [0.2, 0.25) is 0 Å². The van der Waals surface area contributed by atoms with Gasteiger partial charge in [0.2, 0.25) is 0 Å². The van der Waals surface area contributed by atoms with Gasteiger partial charge in [-0.15, -0.1) is 0 Å². The van der Waals surface area contributed by atoms with Gasteiger partial charge in [0, 0.05) is 47.0 Å². The number of aromatic nitrogens is 2. The van der Waals surface area contributed by atoms with E-state index in [9.17, 15) is 0 Å². The van der Waals surface area contributed by atoms with Gasteiger partial charge >= 0.3 is 0 Å². The maximum absolute atomic E-state index is 5.73. The van der Waals surface area contributed by atoms with Crippen molar-refractivity contribution < 1.29 is 9.47 Å². The number of ether oxygens (including phenoxy) is 2. The first-order valence-corrected chi connectivity index (χ1v) is 10.9. The molecule has 32 heavy (non-hydrogen) atoms. The first-order chi connectivity index (χ1) is 15.8. The van der Waals surface area contributed by atoms with Crippen LogP contribution in [-0.4, -0.2) is 36.5 Å². The van der Waals surface area contributed by atoms with Crippen molar-refractivity contribution in [2.24, 2.45) is 0 Å². The van der Waals surface area contributed by atoms with E-state index in [0.717, 1.165) is 17.4 Å². The molecule has 0 aliphatic rings. The number of pyridine rings is 1. The zero-order chi connectivity index (χ0) is 21.8. The fourth-order valence-corrected chi connectivity index (χ4v) is 4.27. The smallest absolute Gasteiger partial charge is 0.0707 e. The van der Waals surface area contributed by atoms with Crippen LogP contribution in [0.3, 0.4) is 0 Å². The summed E-state index contributed by atoms with van der Waals surface area (Å²) in [4.78, 5) is 4.46. The Morgan fingerprint density at radius 1 is 0.781 bits per heavy atom. The molecule has 0 N–H and O–H groups in total. The Bertz CT molecular complexity index is 1400. The Hall–Kier alpha value is -3.47. The van der Waals surface area contributed by atoms with Crippen LogP contribution in [0, 0.1) is 0 Å². The molecule has 4 heteroatoms. The number of hydrogen-bond donors (Lipinski definition) is 0. The molecule has 0 atom stereocenters. The molecule has 5 rings (SSSR count). The van der Waals surface area contributed by atoms with Crippen LogP contribution in [0.1, 0.15) is 11.1 Å². The van der Waals surface area contributed by atoms with Crippen molar-refractivity contribution >= 4 is 44.9 Å². The van der Waals surface area contributed by atoms with E-state index in [4.69, 9.17) is 9.47 Å². The van der Waals surface area contributed by atoms with Crippen LogP contribution in [0.25, 0.3) is 44.9 Å². The molecule has 0 aliphatic heterocycles. The van der Waals surface area contributed by atoms with Gasteiger partial charge in [-0.05, 0) is 41.5 Å². The minimum Gasteiger partial charge on any atom is -0.382 e. The van der Waals surface area contributed by atoms with Crippen molar-refractivity contribution in [3.8, 4) is 0 Å². The fourth-order valence-electron chi connectivity index (χ4n) is 4.27. The Kier molecular flexibility index (Phi) is 5.97. The summed E-state index contributed by atoms with van der Waals surface area (Å²) in [6, 6.07) is 25.6. The topological polar surface area (TPSA) is 36.3 Å². The Morgan fingerprint density at radius 2 is 1.59 bits per heavy atom. The van der Waals surface area contributed by atoms with Crippen LogP contribution < -0.4 is 0 Å². The molecule has 0 amide bonds. The second-order valence-corrected chi connectivity index (χ2v) is 7.80. The molecule has 0 saturated heterocycles. The second kappa shape index (κ2) is 9.35. The first-order valence-electron chi connectivity index (χ1n) is 10.9. The van der Waals surface area contributed by atoms with Gasteiger partial charge in [0.05, 0.1) is 25.3 Å². The summed E-state index contributed by atoms with van der Waals surface area (Å²) in [5.41, 5.74) is 5.83. The number of methoxy groups -OCH3 is 1. The van der Waals surface area contributed by atoms with Crippen molar-refractivity contribution in [3.05, 3.63) is 90.1 Å². The normalized spacial score (nSPS) is 11.9. The Balaban J connectivity index is 1.48. The summed E-state index contributed by atoms with van der Waals surface area (Å²) in [5.74, 6) is 0. The predicted octanol–water partition coefficient (Wildman–Crippen LogP) is 6.18. The van der Waals surface area contributed by atoms with E-state index in [2.05, 4.69) is 82.4 Å². The number of para-hydroxylation sites is 2. The summed E-state index contributed by atoms with van der Waals surface area (Å²) in [7, 11) is 1.69. The largest absolute Gasteiger partial charge is 0.382 e. The highest BCUT2D eigenvalue weighted by molar-refractivity contribution is 6.08. The molecule has 4 nitrogen and oxygen atoms in total. The lowest BCUT2D eigenvalue weighted by Gasteiger charge is -2.08. The van der Waals surface area contributed by atoms with E-state index in [-0.39, 0.29) is 0 Å². The molecular formula is C28H26N2O2. The number of fused-ring (bicyclic) bond motifs is 4. The molecule has 0 bridgehead atoms. The van der Waals surface area contributed by atoms with E-state index >= 15 is 0 Å². The van der Waals surface area contributed by atoms with Crippen molar-refractivity contribution in [2.45, 2.75) is 6.54 Å². The standard InChI is InChI=1S/C28H26N2O2/c1-31-18-19-32-17-16-30-27-9-5-3-7-24(27)25-20-21(11-13-28(25)30)10-12-22-14-15-29-26-8-4-2-6-23(22)26/h2-15,20H,16-19H2,1H3/b12-10+. The lowest BCUT2D eigenvalue weighted by molar-refractivity contribution is 0.0673. The molecule has 5 aromatic rings. The first kappa shape index (κ1) is 20.4. The highest BCUT2D eigenvalue weighted by Gasteiger charge is 2.10. The maximum Gasteiger partial charge on any atom is 0.0707 e. The van der Waals surface area contributed by atoms with Crippen molar-refractivity contribution in [1.29, 1.82) is 0 Å². The van der Waals surface area contributed by atoms with E-state index in [0.29, 0.717) is 19.8 Å². The van der Waals surface area contributed by atoms with Crippen LogP contribution >= 0.6 is 0 Å². The Labute approximate surface area is 187 Å². The van der Waals surface area contributed by atoms with Gasteiger partial charge in [0.25, 0.3) is 0 Å². The monoisotopic (exact) mass is 422 g/mol. The average Bonchev–Trinajstić information content (AvgIpc) is 3.15. The predicted molar refractivity (Wildman–Crippen MR) is 133 cm³/mol. The van der Waals surface area contributed by atoms with Gasteiger partial charge in [-0.1, -0.05) is 54.6 Å². The molecular weight excluding hydrogens is 396 g/mol. The number of rotatable bonds is 8. The average molecular weight is 423 g/mol. The third-order valence-corrected chi connectivity index (χ3v) is 5.83. The number of hydrogen-bond acceptors (Lipinski definition) is 3. The third-order valence-electron chi connectivity index (χ3n) is 5.83. The molecule has 0 saturated carbocycles. The minimum absolute atomic E-state index is 0.617. The van der Waals surface area contributed by atoms with Crippen molar-refractivity contribution in [2.75, 3.05) is 26.9 Å². The quantitative estimate of drug-likeness (QED) is 0.280. The number of nitrogens with zero attached hydrogens (tertiary/aromatic N) is 2. The zero-order valence-electron chi connectivity index (χ0n) is 18.2. The zero-order valence-corrected chi connectivity index (χ0v) is 18.2. The molecule has 0 radical (unpaired) electrons. The van der Waals surface area contributed by atoms with Crippen LogP contribution in [0.4, 0.5) is 0 Å². The van der Waals surface area contributed by atoms with Gasteiger partial charge in [0.15, 0.2) is 0 Å². The van der Waals surface area contributed by atoms with Crippen molar-refractivity contribution in [3.63, 3.8) is 0 Å². The summed E-state index contributed by atoms with van der Waals surface area (Å²) < 4.78 is 13.1. The molecule has 0 fully saturated rings. The number of benzene rings is 3. The maximum atomic E-state index is 5.73. The van der Waals surface area contributed by atoms with Crippen molar-refractivity contribution in [1.82, 2.24) is 9.55 Å². The second-order valence-electron chi connectivity index (χ2n) is 7.80. The Morgan fingerprint density at radius 3 is 2.50 bits per heavy atom. The van der Waals surface area contributed by atoms with E-state index in [1.54, 1.807) is 7.11 Å². The minimum atomic E-state index is 0.617. The summed E-state index contributed by atoms with van der Waals surface area (Å²) in [5, 5.41) is 3.70. The SMILES string of the molecule is COCCOCCn1c2ccccc2c2cc(/C=C/c3ccnc4ccccc34)ccc21. The molecule has 2 aromatic heterocycles. The highest BCUT2D eigenvalue weighted by atomic mass is 16.5. The molecule has 0 aliphatic carbocycles. The van der Waals surface area contributed by atoms with Gasteiger partial charge in [0.1, 0.15) is 0 Å². The third kappa shape index (κ3) is 4.03.